The van der Waals surface area contributed by atoms with Gasteiger partial charge in [-0.1, -0.05) is 18.2 Å². The van der Waals surface area contributed by atoms with Crippen molar-refractivity contribution in [2.75, 3.05) is 13.7 Å². The zero-order valence-electron chi connectivity index (χ0n) is 14.2. The number of methoxy groups -OCH3 is 1. The molecule has 138 valence electrons. The highest BCUT2D eigenvalue weighted by Gasteiger charge is 2.21. The second-order valence-corrected chi connectivity index (χ2v) is 5.63. The SMILES string of the molecule is COc1cccc(-c2ccc3c(O)c(C(=O)NCC(=O)O)c(=O)oc3c2)c1. The van der Waals surface area contributed by atoms with E-state index in [4.69, 9.17) is 14.3 Å². The average molecular weight is 369 g/mol. The number of nitrogens with one attached hydrogen (secondary N) is 1. The van der Waals surface area contributed by atoms with Crippen molar-refractivity contribution in [3.8, 4) is 22.6 Å². The second kappa shape index (κ2) is 7.20. The Morgan fingerprint density at radius 2 is 1.89 bits per heavy atom. The van der Waals surface area contributed by atoms with E-state index >= 15 is 0 Å². The number of carboxylic acids is 1. The second-order valence-electron chi connectivity index (χ2n) is 5.63. The Hall–Kier alpha value is -3.81. The Morgan fingerprint density at radius 1 is 1.15 bits per heavy atom. The number of ether oxygens (including phenoxy) is 1. The molecule has 1 aromatic heterocycles. The van der Waals surface area contributed by atoms with E-state index in [9.17, 15) is 19.5 Å². The number of hydrogen-bond donors (Lipinski definition) is 3. The maximum absolute atomic E-state index is 12.1. The number of hydrogen-bond acceptors (Lipinski definition) is 6. The van der Waals surface area contributed by atoms with Gasteiger partial charge in [0.05, 0.1) is 12.5 Å². The number of benzene rings is 2. The average Bonchev–Trinajstić information content (AvgIpc) is 2.66. The van der Waals surface area contributed by atoms with Gasteiger partial charge < -0.3 is 24.7 Å². The molecule has 0 spiro atoms. The molecular weight excluding hydrogens is 354 g/mol. The molecule has 3 rings (SSSR count). The van der Waals surface area contributed by atoms with Gasteiger partial charge in [0, 0.05) is 0 Å². The van der Waals surface area contributed by atoms with Crippen LogP contribution >= 0.6 is 0 Å². The third kappa shape index (κ3) is 3.59. The molecule has 0 fully saturated rings. The lowest BCUT2D eigenvalue weighted by Crippen LogP contribution is -2.32. The van der Waals surface area contributed by atoms with E-state index < -0.39 is 35.4 Å². The van der Waals surface area contributed by atoms with Crippen LogP contribution in [0.3, 0.4) is 0 Å². The van der Waals surface area contributed by atoms with Gasteiger partial charge >= 0.3 is 11.6 Å². The minimum atomic E-state index is -1.28. The summed E-state index contributed by atoms with van der Waals surface area (Å²) in [7, 11) is 1.55. The van der Waals surface area contributed by atoms with E-state index in [1.165, 1.54) is 6.07 Å². The molecule has 8 heteroatoms. The molecule has 8 nitrogen and oxygen atoms in total. The van der Waals surface area contributed by atoms with Crippen LogP contribution in [-0.4, -0.2) is 35.7 Å². The van der Waals surface area contributed by atoms with Crippen molar-refractivity contribution in [1.82, 2.24) is 5.32 Å². The van der Waals surface area contributed by atoms with Crippen LogP contribution in [0.15, 0.2) is 51.7 Å². The number of rotatable bonds is 5. The fourth-order valence-corrected chi connectivity index (χ4v) is 2.61. The van der Waals surface area contributed by atoms with Crippen molar-refractivity contribution in [3.05, 3.63) is 58.4 Å². The predicted molar refractivity (Wildman–Crippen MR) is 96.1 cm³/mol. The van der Waals surface area contributed by atoms with Crippen molar-refractivity contribution < 1.29 is 29.0 Å². The summed E-state index contributed by atoms with van der Waals surface area (Å²) in [5, 5.41) is 21.1. The van der Waals surface area contributed by atoms with Gasteiger partial charge in [-0.25, -0.2) is 4.79 Å². The molecule has 1 amide bonds. The monoisotopic (exact) mass is 369 g/mol. The Bertz CT molecular complexity index is 1100. The first-order chi connectivity index (χ1) is 12.9. The Balaban J connectivity index is 2.06. The van der Waals surface area contributed by atoms with Crippen LogP contribution in [-0.2, 0) is 4.79 Å². The van der Waals surface area contributed by atoms with Gasteiger partial charge in [-0.05, 0) is 35.4 Å². The maximum atomic E-state index is 12.1. The molecule has 1 heterocycles. The minimum Gasteiger partial charge on any atom is -0.506 e. The normalized spacial score (nSPS) is 10.6. The van der Waals surface area contributed by atoms with Gasteiger partial charge in [0.15, 0.2) is 5.56 Å². The molecule has 0 radical (unpaired) electrons. The van der Waals surface area contributed by atoms with Crippen LogP contribution < -0.4 is 15.7 Å². The summed E-state index contributed by atoms with van der Waals surface area (Å²) >= 11 is 0. The molecule has 0 bridgehead atoms. The van der Waals surface area contributed by atoms with E-state index in [1.54, 1.807) is 31.4 Å². The molecule has 0 aliphatic rings. The standard InChI is InChI=1S/C19H15NO7/c1-26-12-4-2-3-10(7-12)11-5-6-13-14(8-11)27-19(25)16(17(13)23)18(24)20-9-15(21)22/h2-8,23H,9H2,1H3,(H,20,24)(H,21,22). The molecule has 0 unspecified atom stereocenters. The topological polar surface area (TPSA) is 126 Å². The fraction of sp³-hybridized carbons (Fsp3) is 0.105. The number of aromatic hydroxyl groups is 1. The first-order valence-electron chi connectivity index (χ1n) is 7.85. The van der Waals surface area contributed by atoms with Gasteiger partial charge in [-0.15, -0.1) is 0 Å². The number of carbonyl (C=O) groups excluding carboxylic acids is 1. The van der Waals surface area contributed by atoms with E-state index in [1.807, 2.05) is 17.4 Å². The van der Waals surface area contributed by atoms with Crippen molar-refractivity contribution in [1.29, 1.82) is 0 Å². The molecule has 3 N–H and O–H groups in total. The quantitative estimate of drug-likeness (QED) is 0.587. The third-order valence-corrected chi connectivity index (χ3v) is 3.91. The summed E-state index contributed by atoms with van der Waals surface area (Å²) in [5.74, 6) is -2.22. The zero-order valence-corrected chi connectivity index (χ0v) is 14.2. The van der Waals surface area contributed by atoms with Crippen molar-refractivity contribution in [3.63, 3.8) is 0 Å². The van der Waals surface area contributed by atoms with Crippen LogP contribution in [0.2, 0.25) is 0 Å². The molecule has 0 aliphatic heterocycles. The third-order valence-electron chi connectivity index (χ3n) is 3.91. The largest absolute Gasteiger partial charge is 0.506 e. The summed E-state index contributed by atoms with van der Waals surface area (Å²) in [6.45, 7) is -0.690. The summed E-state index contributed by atoms with van der Waals surface area (Å²) < 4.78 is 10.3. The highest BCUT2D eigenvalue weighted by Crippen LogP contribution is 2.31. The van der Waals surface area contributed by atoms with E-state index in [2.05, 4.69) is 0 Å². The van der Waals surface area contributed by atoms with Crippen molar-refractivity contribution >= 4 is 22.8 Å². The molecule has 0 saturated heterocycles. The van der Waals surface area contributed by atoms with Crippen LogP contribution in [0.1, 0.15) is 10.4 Å². The lowest BCUT2D eigenvalue weighted by Gasteiger charge is -2.09. The Morgan fingerprint density at radius 3 is 2.59 bits per heavy atom. The minimum absolute atomic E-state index is 0.0904. The maximum Gasteiger partial charge on any atom is 0.353 e. The summed E-state index contributed by atoms with van der Waals surface area (Å²) in [6.07, 6.45) is 0. The highest BCUT2D eigenvalue weighted by molar-refractivity contribution is 6.02. The number of carboxylic acid groups (broad SMARTS) is 1. The van der Waals surface area contributed by atoms with Gasteiger partial charge in [-0.3, -0.25) is 9.59 Å². The zero-order chi connectivity index (χ0) is 19.6. The van der Waals surface area contributed by atoms with E-state index in [0.717, 1.165) is 5.56 Å². The Labute approximate surface area is 152 Å². The van der Waals surface area contributed by atoms with Gasteiger partial charge in [0.1, 0.15) is 23.6 Å². The highest BCUT2D eigenvalue weighted by atomic mass is 16.5. The predicted octanol–water partition coefficient (Wildman–Crippen LogP) is 1.99. The summed E-state index contributed by atoms with van der Waals surface area (Å²) in [6, 6.07) is 12.0. The number of carbonyl (C=O) groups is 2. The van der Waals surface area contributed by atoms with Crippen LogP contribution in [0.4, 0.5) is 0 Å². The molecule has 0 atom stereocenters. The first-order valence-corrected chi connectivity index (χ1v) is 7.85. The summed E-state index contributed by atoms with van der Waals surface area (Å²) in [5.41, 5.74) is -0.0927. The van der Waals surface area contributed by atoms with Crippen LogP contribution in [0, 0.1) is 0 Å². The van der Waals surface area contributed by atoms with Gasteiger partial charge in [-0.2, -0.15) is 0 Å². The molecule has 0 saturated carbocycles. The van der Waals surface area contributed by atoms with Crippen molar-refractivity contribution in [2.24, 2.45) is 0 Å². The van der Waals surface area contributed by atoms with Crippen molar-refractivity contribution in [2.45, 2.75) is 0 Å². The molecule has 3 aromatic rings. The smallest absolute Gasteiger partial charge is 0.353 e. The van der Waals surface area contributed by atoms with Crippen LogP contribution in [0.25, 0.3) is 22.1 Å². The summed E-state index contributed by atoms with van der Waals surface area (Å²) in [4.78, 5) is 34.7. The number of amides is 1. The Kier molecular flexibility index (Phi) is 4.80. The molecular formula is C19H15NO7. The van der Waals surface area contributed by atoms with E-state index in [-0.39, 0.29) is 11.0 Å². The number of aliphatic carboxylic acids is 1. The van der Waals surface area contributed by atoms with Crippen LogP contribution in [0.5, 0.6) is 11.5 Å². The first kappa shape index (κ1) is 18.0. The molecule has 27 heavy (non-hydrogen) atoms. The van der Waals surface area contributed by atoms with Gasteiger partial charge in [0.2, 0.25) is 0 Å². The van der Waals surface area contributed by atoms with E-state index in [0.29, 0.717) is 11.3 Å². The fourth-order valence-electron chi connectivity index (χ4n) is 2.61. The molecule has 2 aromatic carbocycles. The lowest BCUT2D eigenvalue weighted by molar-refractivity contribution is -0.135. The number of fused-ring (bicyclic) bond motifs is 1. The van der Waals surface area contributed by atoms with Gasteiger partial charge in [0.25, 0.3) is 5.91 Å². The molecule has 0 aliphatic carbocycles. The lowest BCUT2D eigenvalue weighted by atomic mass is 10.0.